The number of ether oxygens (including phenoxy) is 1. The second kappa shape index (κ2) is 15.9. The molecule has 0 fully saturated rings. The average molecular weight is 636 g/mol. The summed E-state index contributed by atoms with van der Waals surface area (Å²) in [6.45, 7) is 8.95. The molecule has 7 nitrogen and oxygen atoms in total. The van der Waals surface area contributed by atoms with Crippen LogP contribution in [0.15, 0.2) is 84.9 Å². The monoisotopic (exact) mass is 635 g/mol. The molecule has 1 heterocycles. The average Bonchev–Trinajstić information content (AvgIpc) is 3.10. The number of rotatable bonds is 12. The van der Waals surface area contributed by atoms with Crippen LogP contribution in [-0.2, 0) is 33.8 Å². The Morgan fingerprint density at radius 3 is 2.36 bits per heavy atom. The summed E-state index contributed by atoms with van der Waals surface area (Å²) >= 11 is 0. The van der Waals surface area contributed by atoms with Crippen molar-refractivity contribution in [2.75, 3.05) is 6.54 Å². The molecule has 0 saturated carbocycles. The number of amides is 3. The first-order valence-corrected chi connectivity index (χ1v) is 17.2. The molecule has 0 spiro atoms. The second-order valence-electron chi connectivity index (χ2n) is 13.3. The Hall–Kier alpha value is -4.39. The van der Waals surface area contributed by atoms with Gasteiger partial charge in [-0.15, -0.1) is 0 Å². The van der Waals surface area contributed by atoms with Gasteiger partial charge in [-0.25, -0.2) is 0 Å². The summed E-state index contributed by atoms with van der Waals surface area (Å²) in [4.78, 5) is 42.7. The predicted molar refractivity (Wildman–Crippen MR) is 186 cm³/mol. The molecular formula is C40H49N3O4. The zero-order chi connectivity index (χ0) is 33.3. The van der Waals surface area contributed by atoms with E-state index in [0.717, 1.165) is 41.7 Å². The minimum Gasteiger partial charge on any atom is -0.489 e. The number of nitrogens with one attached hydrogen (secondary N) is 2. The lowest BCUT2D eigenvalue weighted by Crippen LogP contribution is -2.58. The summed E-state index contributed by atoms with van der Waals surface area (Å²) in [6.07, 6.45) is 8.19. The van der Waals surface area contributed by atoms with Gasteiger partial charge >= 0.3 is 0 Å². The van der Waals surface area contributed by atoms with Crippen LogP contribution >= 0.6 is 0 Å². The number of fused-ring (bicyclic) bond motifs is 1. The molecule has 3 aromatic carbocycles. The molecule has 4 atom stereocenters. The number of nitrogens with zero attached hydrogens (tertiary/aromatic N) is 1. The number of carbonyl (C=O) groups is 3. The van der Waals surface area contributed by atoms with E-state index in [1.807, 2.05) is 62.4 Å². The Morgan fingerprint density at radius 1 is 0.915 bits per heavy atom. The van der Waals surface area contributed by atoms with Crippen molar-refractivity contribution in [3.05, 3.63) is 113 Å². The van der Waals surface area contributed by atoms with Crippen LogP contribution in [0.1, 0.15) is 93.2 Å². The van der Waals surface area contributed by atoms with Gasteiger partial charge in [0.25, 0.3) is 0 Å². The van der Waals surface area contributed by atoms with E-state index >= 15 is 0 Å². The van der Waals surface area contributed by atoms with Gasteiger partial charge in [-0.2, -0.15) is 0 Å². The number of hydrogen-bond acceptors (Lipinski definition) is 4. The van der Waals surface area contributed by atoms with Crippen LogP contribution in [0, 0.1) is 5.92 Å². The third-order valence-electron chi connectivity index (χ3n) is 9.57. The van der Waals surface area contributed by atoms with Crippen molar-refractivity contribution in [2.24, 2.45) is 5.92 Å². The van der Waals surface area contributed by atoms with Gasteiger partial charge in [0.2, 0.25) is 17.7 Å². The first kappa shape index (κ1) is 34.0. The Labute approximate surface area is 279 Å². The number of carbonyl (C=O) groups excluding carboxylic acids is 3. The molecule has 2 N–H and O–H groups in total. The molecule has 1 unspecified atom stereocenters. The highest BCUT2D eigenvalue weighted by atomic mass is 16.5. The Morgan fingerprint density at radius 2 is 1.64 bits per heavy atom. The van der Waals surface area contributed by atoms with Gasteiger partial charge in [0.1, 0.15) is 24.4 Å². The lowest BCUT2D eigenvalue weighted by atomic mass is 9.87. The molecule has 0 saturated heterocycles. The Bertz CT molecular complexity index is 1550. The molecule has 3 amide bonds. The van der Waals surface area contributed by atoms with Crippen LogP contribution in [0.4, 0.5) is 0 Å². The largest absolute Gasteiger partial charge is 0.489 e. The van der Waals surface area contributed by atoms with Crippen molar-refractivity contribution in [2.45, 2.75) is 96.9 Å². The van der Waals surface area contributed by atoms with Crippen LogP contribution in [0.25, 0.3) is 0 Å². The molecule has 47 heavy (non-hydrogen) atoms. The molecule has 0 bridgehead atoms. The van der Waals surface area contributed by atoms with Gasteiger partial charge in [0, 0.05) is 18.9 Å². The Balaban J connectivity index is 1.28. The van der Waals surface area contributed by atoms with Crippen molar-refractivity contribution in [3.8, 4) is 5.75 Å². The molecule has 1 aliphatic carbocycles. The van der Waals surface area contributed by atoms with Gasteiger partial charge in [0.05, 0.1) is 6.04 Å². The molecule has 248 valence electrons. The van der Waals surface area contributed by atoms with Gasteiger partial charge in [0.15, 0.2) is 0 Å². The van der Waals surface area contributed by atoms with Crippen molar-refractivity contribution >= 4 is 17.7 Å². The molecule has 0 radical (unpaired) electrons. The van der Waals surface area contributed by atoms with Crippen molar-refractivity contribution in [1.82, 2.24) is 15.5 Å². The minimum atomic E-state index is -0.806. The van der Waals surface area contributed by atoms with Gasteiger partial charge in [-0.3, -0.25) is 14.4 Å². The van der Waals surface area contributed by atoms with Crippen LogP contribution in [0.3, 0.4) is 0 Å². The smallest absolute Gasteiger partial charge is 0.246 e. The molecule has 0 aromatic heterocycles. The van der Waals surface area contributed by atoms with Gasteiger partial charge in [-0.05, 0) is 78.0 Å². The van der Waals surface area contributed by atoms with Crippen molar-refractivity contribution in [1.29, 1.82) is 0 Å². The maximum absolute atomic E-state index is 14.2. The van der Waals surface area contributed by atoms with E-state index in [2.05, 4.69) is 60.9 Å². The van der Waals surface area contributed by atoms with Gasteiger partial charge in [-0.1, -0.05) is 101 Å². The van der Waals surface area contributed by atoms with Crippen LogP contribution < -0.4 is 15.4 Å². The number of hydrogen-bond donors (Lipinski definition) is 2. The number of benzene rings is 3. The highest BCUT2D eigenvalue weighted by Crippen LogP contribution is 2.30. The first-order valence-electron chi connectivity index (χ1n) is 17.2. The maximum atomic E-state index is 14.2. The minimum absolute atomic E-state index is 0.0728. The van der Waals surface area contributed by atoms with E-state index in [1.165, 1.54) is 11.1 Å². The van der Waals surface area contributed by atoms with Crippen LogP contribution in [0.2, 0.25) is 0 Å². The van der Waals surface area contributed by atoms with E-state index in [-0.39, 0.29) is 29.7 Å². The lowest BCUT2D eigenvalue weighted by molar-refractivity contribution is -0.143. The molecule has 7 heteroatoms. The normalized spacial score (nSPS) is 18.6. The number of aryl methyl sites for hydroxylation is 1. The van der Waals surface area contributed by atoms with E-state index in [4.69, 9.17) is 4.74 Å². The van der Waals surface area contributed by atoms with Crippen LogP contribution in [0.5, 0.6) is 5.75 Å². The van der Waals surface area contributed by atoms with E-state index in [9.17, 15) is 14.4 Å². The molecular weight excluding hydrogens is 586 g/mol. The fourth-order valence-corrected chi connectivity index (χ4v) is 6.35. The van der Waals surface area contributed by atoms with Crippen molar-refractivity contribution in [3.63, 3.8) is 0 Å². The van der Waals surface area contributed by atoms with Gasteiger partial charge < -0.3 is 20.3 Å². The summed E-state index contributed by atoms with van der Waals surface area (Å²) in [6, 6.07) is 22.9. The summed E-state index contributed by atoms with van der Waals surface area (Å²) < 4.78 is 6.03. The molecule has 5 rings (SSSR count). The molecule has 2 aliphatic rings. The van der Waals surface area contributed by atoms with Crippen LogP contribution in [-0.4, -0.2) is 41.2 Å². The maximum Gasteiger partial charge on any atom is 0.246 e. The highest BCUT2D eigenvalue weighted by molar-refractivity contribution is 5.93. The molecule has 1 aliphatic heterocycles. The zero-order valence-electron chi connectivity index (χ0n) is 28.2. The zero-order valence-corrected chi connectivity index (χ0v) is 28.2. The molecule has 3 aromatic rings. The summed E-state index contributed by atoms with van der Waals surface area (Å²) in [5, 5.41) is 6.28. The predicted octanol–water partition coefficient (Wildman–Crippen LogP) is 6.81. The van der Waals surface area contributed by atoms with E-state index in [1.54, 1.807) is 4.90 Å². The SMILES string of the molecule is CC[C@@H](C)C(=O)N[C@@H](Cc1ccc(OCc2ccc(C(C)C)cc2)cc1)C(=O)N1CC=CCC1C(=O)N[C@@H]1CCCc2ccccc21. The fourth-order valence-electron chi connectivity index (χ4n) is 6.35. The summed E-state index contributed by atoms with van der Waals surface area (Å²) in [7, 11) is 0. The first-order chi connectivity index (χ1) is 22.7. The second-order valence-corrected chi connectivity index (χ2v) is 13.3. The highest BCUT2D eigenvalue weighted by Gasteiger charge is 2.36. The van der Waals surface area contributed by atoms with E-state index < -0.39 is 12.1 Å². The van der Waals surface area contributed by atoms with E-state index in [0.29, 0.717) is 38.3 Å². The summed E-state index contributed by atoms with van der Waals surface area (Å²) in [5.74, 6) is 0.411. The standard InChI is InChI=1S/C40H49N3O4/c1-5-28(4)38(44)42-36(25-29-18-22-33(23-19-29)47-26-30-16-20-31(21-17-30)27(2)3)40(46)43-24-9-8-15-37(43)39(45)41-35-14-10-12-32-11-6-7-13-34(32)35/h6-9,11,13,16-23,27-28,35-37H,5,10,12,14-15,24-26H2,1-4H3,(H,41,45)(H,42,44)/t28-,35-,36+,37?/m1/s1. The van der Waals surface area contributed by atoms with Crippen molar-refractivity contribution < 1.29 is 19.1 Å². The lowest BCUT2D eigenvalue weighted by Gasteiger charge is -2.36. The quantitative estimate of drug-likeness (QED) is 0.214. The summed E-state index contributed by atoms with van der Waals surface area (Å²) in [5.41, 5.74) is 5.72. The third kappa shape index (κ3) is 8.70. The topological polar surface area (TPSA) is 87.7 Å². The third-order valence-corrected chi connectivity index (χ3v) is 9.57. The Kier molecular flexibility index (Phi) is 11.5. The fraction of sp³-hybridized carbons (Fsp3) is 0.425.